The minimum Gasteiger partial charge on any atom is -0.445 e. The SMILES string of the molecule is CC(C)C[C@@H](CC(N)=O)NC(=O)[C@H](CC(C)C)NC(=O)[C@H](Cc1cn(C(=O)OCc2ccccc2)cn1)NC(=O)OCc1ccccc1. The van der Waals surface area contributed by atoms with Gasteiger partial charge in [-0.05, 0) is 35.8 Å². The molecule has 0 aliphatic carbocycles. The summed E-state index contributed by atoms with van der Waals surface area (Å²) in [6, 6.07) is 15.5. The van der Waals surface area contributed by atoms with E-state index in [1.807, 2.05) is 76.2 Å². The van der Waals surface area contributed by atoms with Crippen molar-refractivity contribution in [2.24, 2.45) is 17.6 Å². The Kier molecular flexibility index (Phi) is 14.6. The van der Waals surface area contributed by atoms with Crippen LogP contribution in [0, 0.1) is 11.8 Å². The number of ether oxygens (including phenoxy) is 2. The first-order chi connectivity index (χ1) is 22.9. The molecule has 0 spiro atoms. The molecule has 0 bridgehead atoms. The molecule has 5 N–H and O–H groups in total. The quantitative estimate of drug-likeness (QED) is 0.168. The van der Waals surface area contributed by atoms with Gasteiger partial charge in [0.2, 0.25) is 17.7 Å². The average molecular weight is 663 g/mol. The van der Waals surface area contributed by atoms with Crippen LogP contribution in [0.5, 0.6) is 0 Å². The summed E-state index contributed by atoms with van der Waals surface area (Å²) in [6.07, 6.45) is 1.77. The van der Waals surface area contributed by atoms with Crippen molar-refractivity contribution in [2.75, 3.05) is 0 Å². The van der Waals surface area contributed by atoms with Gasteiger partial charge < -0.3 is 31.2 Å². The maximum absolute atomic E-state index is 13.7. The Morgan fingerprint density at radius 3 is 1.88 bits per heavy atom. The van der Waals surface area contributed by atoms with Crippen molar-refractivity contribution in [3.05, 3.63) is 90.0 Å². The molecule has 0 radical (unpaired) electrons. The van der Waals surface area contributed by atoms with Crippen LogP contribution in [-0.4, -0.2) is 57.6 Å². The summed E-state index contributed by atoms with van der Waals surface area (Å²) in [5, 5.41) is 8.21. The van der Waals surface area contributed by atoms with E-state index < -0.39 is 48.0 Å². The molecular formula is C35H46N6O7. The molecule has 1 aromatic heterocycles. The lowest BCUT2D eigenvalue weighted by molar-refractivity contribution is -0.131. The first-order valence-electron chi connectivity index (χ1n) is 16.0. The molecule has 3 atom stereocenters. The second-order valence-corrected chi connectivity index (χ2v) is 12.5. The molecule has 0 saturated heterocycles. The summed E-state index contributed by atoms with van der Waals surface area (Å²) in [5.74, 6) is -1.49. The van der Waals surface area contributed by atoms with Gasteiger partial charge in [-0.25, -0.2) is 19.1 Å². The lowest BCUT2D eigenvalue weighted by Gasteiger charge is -2.26. The lowest BCUT2D eigenvalue weighted by Crippen LogP contribution is -2.56. The molecule has 0 unspecified atom stereocenters. The number of rotatable bonds is 17. The minimum atomic E-state index is -1.23. The fourth-order valence-corrected chi connectivity index (χ4v) is 4.97. The summed E-state index contributed by atoms with van der Waals surface area (Å²) in [4.78, 5) is 68.6. The number of benzene rings is 2. The van der Waals surface area contributed by atoms with Gasteiger partial charge in [-0.1, -0.05) is 88.4 Å². The topological polar surface area (TPSA) is 184 Å². The maximum Gasteiger partial charge on any atom is 0.419 e. The van der Waals surface area contributed by atoms with Crippen molar-refractivity contribution in [3.63, 3.8) is 0 Å². The van der Waals surface area contributed by atoms with E-state index in [4.69, 9.17) is 15.2 Å². The van der Waals surface area contributed by atoms with Crippen LogP contribution in [0.1, 0.15) is 63.8 Å². The molecule has 48 heavy (non-hydrogen) atoms. The Balaban J connectivity index is 1.76. The number of carbonyl (C=O) groups is 5. The molecule has 1 heterocycles. The van der Waals surface area contributed by atoms with E-state index in [-0.39, 0.29) is 44.3 Å². The number of primary amides is 1. The van der Waals surface area contributed by atoms with Gasteiger partial charge >= 0.3 is 12.2 Å². The van der Waals surface area contributed by atoms with E-state index in [9.17, 15) is 24.0 Å². The molecule has 13 nitrogen and oxygen atoms in total. The summed E-state index contributed by atoms with van der Waals surface area (Å²) >= 11 is 0. The summed E-state index contributed by atoms with van der Waals surface area (Å²) in [7, 11) is 0. The fourth-order valence-electron chi connectivity index (χ4n) is 4.97. The van der Waals surface area contributed by atoms with Crippen molar-refractivity contribution in [2.45, 2.75) is 84.7 Å². The summed E-state index contributed by atoms with van der Waals surface area (Å²) in [5.41, 5.74) is 7.29. The third kappa shape index (κ3) is 13.3. The molecular weight excluding hydrogens is 616 g/mol. The molecule has 0 fully saturated rings. The van der Waals surface area contributed by atoms with Gasteiger partial charge in [0.25, 0.3) is 0 Å². The van der Waals surface area contributed by atoms with Crippen LogP contribution in [0.25, 0.3) is 0 Å². The summed E-state index contributed by atoms with van der Waals surface area (Å²) in [6.45, 7) is 7.77. The van der Waals surface area contributed by atoms with E-state index in [0.29, 0.717) is 12.1 Å². The third-order valence-electron chi connectivity index (χ3n) is 7.18. The number of nitrogens with zero attached hydrogens (tertiary/aromatic N) is 2. The number of aromatic nitrogens is 2. The van der Waals surface area contributed by atoms with Gasteiger partial charge in [-0.15, -0.1) is 0 Å². The van der Waals surface area contributed by atoms with E-state index in [1.165, 1.54) is 12.5 Å². The highest BCUT2D eigenvalue weighted by molar-refractivity contribution is 5.91. The number of imidazole rings is 1. The van der Waals surface area contributed by atoms with Crippen LogP contribution in [0.2, 0.25) is 0 Å². The molecule has 3 aromatic rings. The predicted octanol–water partition coefficient (Wildman–Crippen LogP) is 3.84. The van der Waals surface area contributed by atoms with Crippen molar-refractivity contribution in [3.8, 4) is 0 Å². The normalized spacial score (nSPS) is 12.9. The highest BCUT2D eigenvalue weighted by Gasteiger charge is 2.30. The number of hydrogen-bond donors (Lipinski definition) is 4. The fraction of sp³-hybridized carbons (Fsp3) is 0.429. The van der Waals surface area contributed by atoms with Crippen LogP contribution in [0.3, 0.4) is 0 Å². The number of alkyl carbamates (subject to hydrolysis) is 1. The van der Waals surface area contributed by atoms with Crippen LogP contribution < -0.4 is 21.7 Å². The van der Waals surface area contributed by atoms with E-state index in [1.54, 1.807) is 12.1 Å². The predicted molar refractivity (Wildman–Crippen MR) is 178 cm³/mol. The zero-order valence-electron chi connectivity index (χ0n) is 27.9. The van der Waals surface area contributed by atoms with Crippen LogP contribution in [-0.2, 0) is 43.5 Å². The average Bonchev–Trinajstić information content (AvgIpc) is 3.51. The first kappa shape index (κ1) is 37.3. The van der Waals surface area contributed by atoms with Crippen LogP contribution in [0.4, 0.5) is 9.59 Å². The van der Waals surface area contributed by atoms with Gasteiger partial charge in [0.1, 0.15) is 31.6 Å². The second kappa shape index (κ2) is 18.8. The number of amides is 4. The Bertz CT molecular complexity index is 1490. The highest BCUT2D eigenvalue weighted by Crippen LogP contribution is 2.12. The smallest absolute Gasteiger partial charge is 0.419 e. The van der Waals surface area contributed by atoms with Crippen LogP contribution >= 0.6 is 0 Å². The van der Waals surface area contributed by atoms with Gasteiger partial charge in [0.15, 0.2) is 0 Å². The molecule has 0 aliphatic rings. The number of carbonyl (C=O) groups excluding carboxylic acids is 5. The summed E-state index contributed by atoms with van der Waals surface area (Å²) < 4.78 is 11.9. The van der Waals surface area contributed by atoms with Gasteiger partial charge in [0.05, 0.1) is 5.69 Å². The minimum absolute atomic E-state index is 0.0144. The Hall–Kier alpha value is -5.20. The van der Waals surface area contributed by atoms with Crippen molar-refractivity contribution < 1.29 is 33.4 Å². The molecule has 258 valence electrons. The second-order valence-electron chi connectivity index (χ2n) is 12.5. The monoisotopic (exact) mass is 662 g/mol. The Morgan fingerprint density at radius 1 is 0.750 bits per heavy atom. The number of nitrogens with one attached hydrogen (secondary N) is 3. The zero-order valence-corrected chi connectivity index (χ0v) is 27.9. The number of hydrogen-bond acceptors (Lipinski definition) is 8. The number of nitrogens with two attached hydrogens (primary N) is 1. The Labute approximate surface area is 281 Å². The molecule has 0 saturated carbocycles. The van der Waals surface area contributed by atoms with Gasteiger partial charge in [0, 0.05) is 25.1 Å². The first-order valence-corrected chi connectivity index (χ1v) is 16.0. The zero-order chi connectivity index (χ0) is 35.1. The molecule has 0 aliphatic heterocycles. The molecule has 2 aromatic carbocycles. The van der Waals surface area contributed by atoms with E-state index in [0.717, 1.165) is 15.7 Å². The van der Waals surface area contributed by atoms with Crippen molar-refractivity contribution in [1.82, 2.24) is 25.5 Å². The molecule has 3 rings (SSSR count). The lowest BCUT2D eigenvalue weighted by atomic mass is 9.98. The van der Waals surface area contributed by atoms with Crippen molar-refractivity contribution in [1.29, 1.82) is 0 Å². The molecule has 4 amide bonds. The van der Waals surface area contributed by atoms with E-state index >= 15 is 0 Å². The maximum atomic E-state index is 13.7. The third-order valence-corrected chi connectivity index (χ3v) is 7.18. The van der Waals surface area contributed by atoms with Gasteiger partial charge in [-0.2, -0.15) is 0 Å². The largest absolute Gasteiger partial charge is 0.445 e. The van der Waals surface area contributed by atoms with E-state index in [2.05, 4.69) is 20.9 Å². The standard InChI is InChI=1S/C35H46N6O7/c1-23(2)15-27(18-31(36)42)38-32(43)29(16-24(3)4)39-33(44)30(40-34(45)47-20-25-11-7-5-8-12-25)17-28-19-41(22-37-28)35(46)48-21-26-13-9-6-10-14-26/h5-14,19,22-24,27,29-30H,15-18,20-21H2,1-4H3,(H2,36,42)(H,38,43)(H,39,44)(H,40,45)/t27-,29-,30-/m0/s1. The molecule has 13 heteroatoms. The Morgan fingerprint density at radius 2 is 1.31 bits per heavy atom. The van der Waals surface area contributed by atoms with Crippen molar-refractivity contribution >= 4 is 29.9 Å². The van der Waals surface area contributed by atoms with Gasteiger partial charge in [-0.3, -0.25) is 14.4 Å². The van der Waals surface area contributed by atoms with Crippen LogP contribution in [0.15, 0.2) is 73.2 Å². The highest BCUT2D eigenvalue weighted by atomic mass is 16.6.